The van der Waals surface area contributed by atoms with Gasteiger partial charge >= 0.3 is 5.97 Å². The molecule has 12 heavy (non-hydrogen) atoms. The van der Waals surface area contributed by atoms with Crippen LogP contribution in [0, 0.1) is 5.92 Å². The first-order valence-corrected chi connectivity index (χ1v) is 4.02. The van der Waals surface area contributed by atoms with Crippen LogP contribution in [0.1, 0.15) is 34.6 Å². The van der Waals surface area contributed by atoms with Gasteiger partial charge < -0.3 is 10.5 Å². The Balaban J connectivity index is 4.05. The lowest BCUT2D eigenvalue weighted by Gasteiger charge is -2.23. The van der Waals surface area contributed by atoms with E-state index in [-0.39, 0.29) is 5.97 Å². The minimum absolute atomic E-state index is 0.359. The largest absolute Gasteiger partial charge is 0.459 e. The van der Waals surface area contributed by atoms with Crippen LogP contribution in [0.4, 0.5) is 0 Å². The molecule has 0 saturated carbocycles. The second-order valence-electron chi connectivity index (χ2n) is 4.09. The smallest absolute Gasteiger partial charge is 0.324 e. The fraction of sp³-hybridized carbons (Fsp3) is 0.778. The molecule has 0 bridgehead atoms. The summed E-state index contributed by atoms with van der Waals surface area (Å²) in [4.78, 5) is 11.2. The summed E-state index contributed by atoms with van der Waals surface area (Å²) < 4.78 is 5.08. The Labute approximate surface area is 74.3 Å². The Bertz CT molecular complexity index is 158. The third kappa shape index (κ3) is 4.34. The first kappa shape index (κ1) is 11.4. The number of nitrogens with two attached hydrogens (primary N) is 1. The summed E-state index contributed by atoms with van der Waals surface area (Å²) >= 11 is 0. The number of ether oxygens (including phenoxy) is 1. The molecule has 0 amide bonds. The van der Waals surface area contributed by atoms with Gasteiger partial charge in [-0.1, -0.05) is 13.8 Å². The number of carbonyl (C=O) groups is 1. The second kappa shape index (κ2) is 3.90. The Morgan fingerprint density at radius 2 is 1.75 bits per heavy atom. The minimum atomic E-state index is -0.593. The zero-order chi connectivity index (χ0) is 9.94. The Kier molecular flexibility index (Phi) is 3.71. The SMILES string of the molecule is C[C](C)C(N)C(=O)OC(C)(C)C. The number of hydrogen-bond acceptors (Lipinski definition) is 3. The van der Waals surface area contributed by atoms with Gasteiger partial charge in [-0.3, -0.25) is 4.79 Å². The zero-order valence-electron chi connectivity index (χ0n) is 8.47. The molecule has 3 nitrogen and oxygen atoms in total. The third-order valence-electron chi connectivity index (χ3n) is 1.28. The van der Waals surface area contributed by atoms with Crippen LogP contribution in [0.2, 0.25) is 0 Å². The molecule has 0 spiro atoms. The molecule has 1 atom stereocenters. The maximum atomic E-state index is 11.2. The van der Waals surface area contributed by atoms with Gasteiger partial charge in [0.15, 0.2) is 0 Å². The fourth-order valence-corrected chi connectivity index (χ4v) is 0.601. The van der Waals surface area contributed by atoms with E-state index in [9.17, 15) is 4.79 Å². The first-order valence-electron chi connectivity index (χ1n) is 4.02. The summed E-state index contributed by atoms with van der Waals surface area (Å²) in [6.45, 7) is 9.09. The molecule has 0 aliphatic heterocycles. The molecule has 1 unspecified atom stereocenters. The Hall–Kier alpha value is -0.570. The molecule has 0 aromatic heterocycles. The van der Waals surface area contributed by atoms with Gasteiger partial charge in [-0.2, -0.15) is 0 Å². The van der Waals surface area contributed by atoms with Gasteiger partial charge in [-0.05, 0) is 26.7 Å². The third-order valence-corrected chi connectivity index (χ3v) is 1.28. The predicted octanol–water partition coefficient (Wildman–Crippen LogP) is 1.27. The van der Waals surface area contributed by atoms with Crippen molar-refractivity contribution in [2.75, 3.05) is 0 Å². The number of hydrogen-bond donors (Lipinski definition) is 1. The molecule has 0 aliphatic rings. The molecule has 0 aromatic rings. The molecule has 0 fully saturated rings. The van der Waals surface area contributed by atoms with E-state index in [4.69, 9.17) is 10.5 Å². The van der Waals surface area contributed by atoms with Gasteiger partial charge in [0.2, 0.25) is 0 Å². The quantitative estimate of drug-likeness (QED) is 0.638. The highest BCUT2D eigenvalue weighted by atomic mass is 16.6. The van der Waals surface area contributed by atoms with Crippen molar-refractivity contribution in [3.63, 3.8) is 0 Å². The molecule has 2 N–H and O–H groups in total. The molecule has 0 aliphatic carbocycles. The maximum Gasteiger partial charge on any atom is 0.324 e. The second-order valence-corrected chi connectivity index (χ2v) is 4.09. The van der Waals surface area contributed by atoms with E-state index in [2.05, 4.69) is 0 Å². The average molecular weight is 172 g/mol. The van der Waals surface area contributed by atoms with Crippen LogP contribution in [0.25, 0.3) is 0 Å². The van der Waals surface area contributed by atoms with Crippen LogP contribution in [-0.2, 0) is 9.53 Å². The van der Waals surface area contributed by atoms with Crippen LogP contribution >= 0.6 is 0 Å². The summed E-state index contributed by atoms with van der Waals surface area (Å²) in [5.74, 6) is 0.506. The van der Waals surface area contributed by atoms with Gasteiger partial charge in [0, 0.05) is 0 Å². The zero-order valence-corrected chi connectivity index (χ0v) is 8.47. The van der Waals surface area contributed by atoms with E-state index in [1.165, 1.54) is 0 Å². The van der Waals surface area contributed by atoms with Gasteiger partial charge in [-0.25, -0.2) is 0 Å². The minimum Gasteiger partial charge on any atom is -0.459 e. The van der Waals surface area contributed by atoms with Crippen LogP contribution in [0.15, 0.2) is 0 Å². The molecular weight excluding hydrogens is 154 g/mol. The van der Waals surface area contributed by atoms with Crippen LogP contribution in [-0.4, -0.2) is 17.6 Å². The molecule has 0 rings (SSSR count). The first-order chi connectivity index (χ1) is 5.24. The van der Waals surface area contributed by atoms with Crippen molar-refractivity contribution >= 4 is 5.97 Å². The lowest BCUT2D eigenvalue weighted by atomic mass is 10.1. The van der Waals surface area contributed by atoms with E-state index in [1.54, 1.807) is 0 Å². The van der Waals surface area contributed by atoms with E-state index < -0.39 is 11.6 Å². The predicted molar refractivity (Wildman–Crippen MR) is 48.4 cm³/mol. The fourth-order valence-electron chi connectivity index (χ4n) is 0.601. The van der Waals surface area contributed by atoms with Gasteiger partial charge in [0.25, 0.3) is 0 Å². The normalized spacial score (nSPS) is 14.6. The Morgan fingerprint density at radius 3 is 2.00 bits per heavy atom. The number of esters is 1. The van der Waals surface area contributed by atoms with Gasteiger partial charge in [-0.15, -0.1) is 0 Å². The highest BCUT2D eigenvalue weighted by Gasteiger charge is 2.24. The van der Waals surface area contributed by atoms with Crippen molar-refractivity contribution in [2.24, 2.45) is 5.73 Å². The van der Waals surface area contributed by atoms with Crippen molar-refractivity contribution in [2.45, 2.75) is 46.3 Å². The van der Waals surface area contributed by atoms with Crippen molar-refractivity contribution in [1.29, 1.82) is 0 Å². The highest BCUT2D eigenvalue weighted by molar-refractivity contribution is 5.78. The van der Waals surface area contributed by atoms with Crippen LogP contribution in [0.5, 0.6) is 0 Å². The van der Waals surface area contributed by atoms with E-state index in [1.807, 2.05) is 34.6 Å². The summed E-state index contributed by atoms with van der Waals surface area (Å²) in [7, 11) is 0. The number of rotatable bonds is 2. The molecule has 1 radical (unpaired) electrons. The lowest BCUT2D eigenvalue weighted by molar-refractivity contribution is -0.155. The van der Waals surface area contributed by atoms with Crippen molar-refractivity contribution < 1.29 is 9.53 Å². The highest BCUT2D eigenvalue weighted by Crippen LogP contribution is 2.11. The monoisotopic (exact) mass is 172 g/mol. The summed E-state index contributed by atoms with van der Waals surface area (Å²) in [5, 5.41) is 0. The molecule has 71 valence electrons. The molecule has 0 heterocycles. The van der Waals surface area contributed by atoms with E-state index in [0.29, 0.717) is 0 Å². The number of carbonyl (C=O) groups excluding carboxylic acids is 1. The molecule has 0 saturated heterocycles. The van der Waals surface area contributed by atoms with Crippen molar-refractivity contribution in [3.05, 3.63) is 5.92 Å². The molecular formula is C9H18NO2. The summed E-state index contributed by atoms with van der Waals surface area (Å²) in [5.41, 5.74) is 5.10. The van der Waals surface area contributed by atoms with Crippen molar-refractivity contribution in [3.8, 4) is 0 Å². The van der Waals surface area contributed by atoms with Gasteiger partial charge in [0.1, 0.15) is 11.6 Å². The van der Waals surface area contributed by atoms with Crippen LogP contribution < -0.4 is 5.73 Å². The average Bonchev–Trinajstić information content (AvgIpc) is 1.82. The van der Waals surface area contributed by atoms with Crippen LogP contribution in [0.3, 0.4) is 0 Å². The Morgan fingerprint density at radius 1 is 1.33 bits per heavy atom. The van der Waals surface area contributed by atoms with Gasteiger partial charge in [0.05, 0.1) is 0 Å². The maximum absolute atomic E-state index is 11.2. The van der Waals surface area contributed by atoms with E-state index >= 15 is 0 Å². The van der Waals surface area contributed by atoms with E-state index in [0.717, 1.165) is 5.92 Å². The summed E-state index contributed by atoms with van der Waals surface area (Å²) in [6, 6.07) is -0.593. The standard InChI is InChI=1S/C9H18NO2/c1-6(2)7(10)8(11)12-9(3,4)5/h7H,10H2,1-5H3. The lowest BCUT2D eigenvalue weighted by Crippen LogP contribution is -2.39. The molecule has 0 aromatic carbocycles. The topological polar surface area (TPSA) is 52.3 Å². The summed E-state index contributed by atoms with van der Waals surface area (Å²) in [6.07, 6.45) is 0. The molecule has 3 heteroatoms. The van der Waals surface area contributed by atoms with Crippen molar-refractivity contribution in [1.82, 2.24) is 0 Å².